The maximum absolute atomic E-state index is 5.78. The molecule has 0 unspecified atom stereocenters. The number of halogens is 1. The minimum Gasteiger partial charge on any atom is -0.493 e. The zero-order valence-corrected chi connectivity index (χ0v) is 10.5. The number of methoxy groups -OCH3 is 1. The highest BCUT2D eigenvalue weighted by Gasteiger charge is 2.17. The first-order valence-electron chi connectivity index (χ1n) is 4.45. The summed E-state index contributed by atoms with van der Waals surface area (Å²) >= 11 is 3.44. The van der Waals surface area contributed by atoms with Gasteiger partial charge >= 0.3 is 0 Å². The van der Waals surface area contributed by atoms with Crippen LogP contribution in [-0.4, -0.2) is 12.7 Å². The lowest BCUT2D eigenvalue weighted by Gasteiger charge is -2.23. The van der Waals surface area contributed by atoms with E-state index in [1.54, 1.807) is 7.11 Å². The minimum absolute atomic E-state index is 0.225. The molecule has 0 saturated heterocycles. The van der Waals surface area contributed by atoms with Gasteiger partial charge in [0, 0.05) is 0 Å². The lowest BCUT2D eigenvalue weighted by Crippen LogP contribution is -2.23. The van der Waals surface area contributed by atoms with Crippen molar-refractivity contribution in [2.45, 2.75) is 26.4 Å². The van der Waals surface area contributed by atoms with Gasteiger partial charge in [-0.25, -0.2) is 0 Å². The monoisotopic (exact) mass is 258 g/mol. The van der Waals surface area contributed by atoms with E-state index < -0.39 is 0 Å². The van der Waals surface area contributed by atoms with Crippen molar-refractivity contribution in [3.63, 3.8) is 0 Å². The molecule has 1 rings (SSSR count). The molecule has 0 saturated carbocycles. The Balaban J connectivity index is 3.05. The average Bonchev–Trinajstić information content (AvgIpc) is 2.06. The SMILES string of the molecule is COc1cccc(Br)c1OC(C)(C)C. The van der Waals surface area contributed by atoms with Crippen LogP contribution >= 0.6 is 15.9 Å². The standard InChI is InChI=1S/C11H15BrO2/c1-11(2,3)14-10-8(12)6-5-7-9(10)13-4/h5-7H,1-4H3. The molecule has 78 valence electrons. The van der Waals surface area contributed by atoms with Gasteiger partial charge in [-0.1, -0.05) is 6.07 Å². The molecule has 0 spiro atoms. The normalized spacial score (nSPS) is 11.2. The molecule has 0 aliphatic rings. The summed E-state index contributed by atoms with van der Waals surface area (Å²) in [5.74, 6) is 1.50. The summed E-state index contributed by atoms with van der Waals surface area (Å²) in [5.41, 5.74) is -0.225. The molecule has 3 heteroatoms. The highest BCUT2D eigenvalue weighted by Crippen LogP contribution is 2.36. The van der Waals surface area contributed by atoms with Gasteiger partial charge in [0.25, 0.3) is 0 Å². The first-order valence-corrected chi connectivity index (χ1v) is 5.25. The Morgan fingerprint density at radius 3 is 2.36 bits per heavy atom. The van der Waals surface area contributed by atoms with Crippen molar-refractivity contribution in [3.8, 4) is 11.5 Å². The molecule has 0 aliphatic carbocycles. The van der Waals surface area contributed by atoms with Crippen LogP contribution in [0.25, 0.3) is 0 Å². The van der Waals surface area contributed by atoms with Crippen molar-refractivity contribution in [2.24, 2.45) is 0 Å². The van der Waals surface area contributed by atoms with Gasteiger partial charge in [0.2, 0.25) is 0 Å². The number of rotatable bonds is 2. The van der Waals surface area contributed by atoms with Crippen LogP contribution in [0.4, 0.5) is 0 Å². The van der Waals surface area contributed by atoms with Crippen LogP contribution in [-0.2, 0) is 0 Å². The van der Waals surface area contributed by atoms with E-state index in [1.807, 2.05) is 39.0 Å². The molecule has 0 N–H and O–H groups in total. The Morgan fingerprint density at radius 1 is 1.21 bits per heavy atom. The van der Waals surface area contributed by atoms with Crippen LogP contribution in [0.1, 0.15) is 20.8 Å². The van der Waals surface area contributed by atoms with Gasteiger partial charge in [0.15, 0.2) is 11.5 Å². The van der Waals surface area contributed by atoms with Crippen LogP contribution < -0.4 is 9.47 Å². The Labute approximate surface area is 93.4 Å². The quantitative estimate of drug-likeness (QED) is 0.807. The van der Waals surface area contributed by atoms with Crippen molar-refractivity contribution in [1.29, 1.82) is 0 Å². The summed E-state index contributed by atoms with van der Waals surface area (Å²) in [6, 6.07) is 5.73. The van der Waals surface area contributed by atoms with Crippen LogP contribution in [0.3, 0.4) is 0 Å². The van der Waals surface area contributed by atoms with E-state index in [2.05, 4.69) is 15.9 Å². The zero-order valence-electron chi connectivity index (χ0n) is 8.93. The smallest absolute Gasteiger partial charge is 0.176 e. The van der Waals surface area contributed by atoms with Crippen molar-refractivity contribution >= 4 is 15.9 Å². The van der Waals surface area contributed by atoms with Crippen molar-refractivity contribution in [1.82, 2.24) is 0 Å². The second kappa shape index (κ2) is 4.22. The van der Waals surface area contributed by atoms with Gasteiger partial charge < -0.3 is 9.47 Å². The van der Waals surface area contributed by atoms with Gasteiger partial charge in [-0.05, 0) is 48.8 Å². The molecule has 0 heterocycles. The molecular formula is C11H15BrO2. The topological polar surface area (TPSA) is 18.5 Å². The number of para-hydroxylation sites is 1. The molecule has 0 amide bonds. The fourth-order valence-corrected chi connectivity index (χ4v) is 1.48. The fourth-order valence-electron chi connectivity index (χ4n) is 1.06. The molecule has 0 atom stereocenters. The Morgan fingerprint density at radius 2 is 1.86 bits per heavy atom. The van der Waals surface area contributed by atoms with E-state index in [9.17, 15) is 0 Å². The lowest BCUT2D eigenvalue weighted by atomic mass is 10.2. The first kappa shape index (κ1) is 11.4. The summed E-state index contributed by atoms with van der Waals surface area (Å²) in [5, 5.41) is 0. The van der Waals surface area contributed by atoms with E-state index in [0.29, 0.717) is 0 Å². The van der Waals surface area contributed by atoms with Crippen LogP contribution in [0.2, 0.25) is 0 Å². The highest BCUT2D eigenvalue weighted by atomic mass is 79.9. The van der Waals surface area contributed by atoms with E-state index in [1.165, 1.54) is 0 Å². The second-order valence-electron chi connectivity index (χ2n) is 3.99. The van der Waals surface area contributed by atoms with Crippen LogP contribution in [0.5, 0.6) is 11.5 Å². The molecule has 2 nitrogen and oxygen atoms in total. The van der Waals surface area contributed by atoms with Crippen molar-refractivity contribution in [3.05, 3.63) is 22.7 Å². The molecule has 1 aromatic carbocycles. The number of ether oxygens (including phenoxy) is 2. The third-order valence-corrected chi connectivity index (χ3v) is 2.18. The number of hydrogen-bond donors (Lipinski definition) is 0. The van der Waals surface area contributed by atoms with Gasteiger partial charge in [-0.3, -0.25) is 0 Å². The molecule has 0 aliphatic heterocycles. The summed E-state index contributed by atoms with van der Waals surface area (Å²) < 4.78 is 11.9. The lowest BCUT2D eigenvalue weighted by molar-refractivity contribution is 0.124. The molecule has 0 fully saturated rings. The Hall–Kier alpha value is -0.700. The molecule has 0 radical (unpaired) electrons. The molecule has 14 heavy (non-hydrogen) atoms. The van der Waals surface area contributed by atoms with Crippen LogP contribution in [0.15, 0.2) is 22.7 Å². The Bertz CT molecular complexity index is 316. The predicted octanol–water partition coefficient (Wildman–Crippen LogP) is 3.64. The summed E-state index contributed by atoms with van der Waals surface area (Å²) in [4.78, 5) is 0. The van der Waals surface area contributed by atoms with Gasteiger partial charge in [-0.15, -0.1) is 0 Å². The largest absolute Gasteiger partial charge is 0.493 e. The van der Waals surface area contributed by atoms with Gasteiger partial charge in [0.1, 0.15) is 5.60 Å². The van der Waals surface area contributed by atoms with E-state index in [4.69, 9.17) is 9.47 Å². The maximum atomic E-state index is 5.78. The van der Waals surface area contributed by atoms with Crippen LogP contribution in [0, 0.1) is 0 Å². The molecule has 0 aromatic heterocycles. The fraction of sp³-hybridized carbons (Fsp3) is 0.455. The van der Waals surface area contributed by atoms with Crippen molar-refractivity contribution in [2.75, 3.05) is 7.11 Å². The third kappa shape index (κ3) is 2.91. The van der Waals surface area contributed by atoms with E-state index in [0.717, 1.165) is 16.0 Å². The summed E-state index contributed by atoms with van der Waals surface area (Å²) in [7, 11) is 1.64. The maximum Gasteiger partial charge on any atom is 0.176 e. The Kier molecular flexibility index (Phi) is 3.43. The van der Waals surface area contributed by atoms with Crippen molar-refractivity contribution < 1.29 is 9.47 Å². The molecule has 1 aromatic rings. The van der Waals surface area contributed by atoms with E-state index in [-0.39, 0.29) is 5.60 Å². The van der Waals surface area contributed by atoms with E-state index >= 15 is 0 Å². The predicted molar refractivity (Wildman–Crippen MR) is 61.1 cm³/mol. The van der Waals surface area contributed by atoms with Gasteiger partial charge in [0.05, 0.1) is 11.6 Å². The molecule has 0 bridgehead atoms. The second-order valence-corrected chi connectivity index (χ2v) is 4.84. The number of benzene rings is 1. The summed E-state index contributed by atoms with van der Waals surface area (Å²) in [6.07, 6.45) is 0. The van der Waals surface area contributed by atoms with Gasteiger partial charge in [-0.2, -0.15) is 0 Å². The average molecular weight is 259 g/mol. The highest BCUT2D eigenvalue weighted by molar-refractivity contribution is 9.10. The zero-order chi connectivity index (χ0) is 10.8. The molecular weight excluding hydrogens is 244 g/mol. The summed E-state index contributed by atoms with van der Waals surface area (Å²) in [6.45, 7) is 6.02. The minimum atomic E-state index is -0.225. The third-order valence-electron chi connectivity index (χ3n) is 1.56. The first-order chi connectivity index (χ1) is 6.44. The number of hydrogen-bond acceptors (Lipinski definition) is 2.